The van der Waals surface area contributed by atoms with Gasteiger partial charge in [0.1, 0.15) is 17.2 Å². The molecule has 2 N–H and O–H groups in total. The van der Waals surface area contributed by atoms with Crippen LogP contribution in [0.2, 0.25) is 0 Å². The molecule has 10 rings (SSSR count). The van der Waals surface area contributed by atoms with Gasteiger partial charge in [0.2, 0.25) is 0 Å². The topological polar surface area (TPSA) is 67.4 Å². The number of aromatic nitrogens is 2. The summed E-state index contributed by atoms with van der Waals surface area (Å²) in [4.78, 5) is 9.47. The Bertz CT molecular complexity index is 2750. The highest BCUT2D eigenvalue weighted by molar-refractivity contribution is 6.22. The van der Waals surface area contributed by atoms with E-state index in [0.717, 1.165) is 95.7 Å². The van der Waals surface area contributed by atoms with E-state index in [1.807, 2.05) is 24.4 Å². The van der Waals surface area contributed by atoms with Gasteiger partial charge in [-0.05, 0) is 77.5 Å². The first kappa shape index (κ1) is 29.9. The molecule has 0 spiro atoms. The van der Waals surface area contributed by atoms with Gasteiger partial charge in [0.15, 0.2) is 0 Å². The van der Waals surface area contributed by atoms with Crippen molar-refractivity contribution in [2.24, 2.45) is 4.99 Å². The minimum atomic E-state index is -0.199. The molecule has 0 fully saturated rings. The summed E-state index contributed by atoms with van der Waals surface area (Å²) in [6.07, 6.45) is 12.1. The summed E-state index contributed by atoms with van der Waals surface area (Å²) in [6, 6.07) is 46.6. The molecule has 0 aliphatic carbocycles. The number of para-hydroxylation sites is 1. The van der Waals surface area contributed by atoms with Crippen LogP contribution in [-0.2, 0) is 0 Å². The van der Waals surface area contributed by atoms with Crippen molar-refractivity contribution in [1.82, 2.24) is 20.2 Å². The van der Waals surface area contributed by atoms with E-state index in [2.05, 4.69) is 154 Å². The van der Waals surface area contributed by atoms with Crippen LogP contribution in [0.15, 0.2) is 191 Å². The molecule has 8 aromatic rings. The summed E-state index contributed by atoms with van der Waals surface area (Å²) in [5, 5.41) is 10.2. The number of fused-ring (bicyclic) bond motifs is 5. The average molecular weight is 672 g/mol. The fourth-order valence-electron chi connectivity index (χ4n) is 7.60. The largest absolute Gasteiger partial charge is 0.455 e. The van der Waals surface area contributed by atoms with Crippen LogP contribution in [0.4, 0.5) is 0 Å². The zero-order valence-corrected chi connectivity index (χ0v) is 28.2. The molecule has 0 saturated heterocycles. The van der Waals surface area contributed by atoms with E-state index in [-0.39, 0.29) is 6.04 Å². The van der Waals surface area contributed by atoms with E-state index in [1.54, 1.807) is 12.4 Å². The summed E-state index contributed by atoms with van der Waals surface area (Å²) in [5.74, 6) is 1.70. The second-order valence-electron chi connectivity index (χ2n) is 13.1. The van der Waals surface area contributed by atoms with Gasteiger partial charge in [-0.3, -0.25) is 9.98 Å². The van der Waals surface area contributed by atoms with Crippen molar-refractivity contribution in [2.75, 3.05) is 6.54 Å². The quantitative estimate of drug-likeness (QED) is 0.185. The van der Waals surface area contributed by atoms with Gasteiger partial charge in [0.05, 0.1) is 22.5 Å². The first-order valence-electron chi connectivity index (χ1n) is 17.6. The second-order valence-corrected chi connectivity index (χ2v) is 13.1. The Hall–Kier alpha value is -6.92. The standard InChI is InChI=1S/C46H33N5O/c1-3-10-31(11-4-1)42-37-18-19-41-43(45(37)52-44(42)32-12-5-2-6-13-32)36-16-7-8-17-40(36)51(41)35-15-9-14-34(28-35)39-29-38(30-20-24-47-25-21-30)49-46(50-39)33-22-26-48-27-23-33/h1-24,26-29,39,47H,25H2,(H,49,50). The van der Waals surface area contributed by atoms with Crippen molar-refractivity contribution in [1.29, 1.82) is 0 Å². The Kier molecular flexibility index (Phi) is 7.17. The molecule has 2 aliphatic rings. The lowest BCUT2D eigenvalue weighted by atomic mass is 9.98. The highest BCUT2D eigenvalue weighted by atomic mass is 16.3. The van der Waals surface area contributed by atoms with E-state index in [0.29, 0.717) is 0 Å². The molecule has 3 aromatic heterocycles. The maximum atomic E-state index is 6.99. The van der Waals surface area contributed by atoms with Crippen molar-refractivity contribution in [3.8, 4) is 28.1 Å². The number of nitrogens with one attached hydrogen (secondary N) is 2. The zero-order chi connectivity index (χ0) is 34.4. The van der Waals surface area contributed by atoms with E-state index < -0.39 is 0 Å². The number of amidine groups is 1. The molecule has 6 nitrogen and oxygen atoms in total. The van der Waals surface area contributed by atoms with Gasteiger partial charge in [-0.1, -0.05) is 97.1 Å². The maximum absolute atomic E-state index is 6.99. The van der Waals surface area contributed by atoms with Crippen LogP contribution in [0.25, 0.3) is 60.9 Å². The first-order valence-corrected chi connectivity index (χ1v) is 17.6. The molecule has 0 amide bonds. The number of dihydropyridines is 1. The molecule has 52 heavy (non-hydrogen) atoms. The minimum Gasteiger partial charge on any atom is -0.455 e. The zero-order valence-electron chi connectivity index (χ0n) is 28.2. The van der Waals surface area contributed by atoms with Crippen molar-refractivity contribution in [2.45, 2.75) is 6.04 Å². The second kappa shape index (κ2) is 12.4. The predicted octanol–water partition coefficient (Wildman–Crippen LogP) is 10.3. The molecular weight excluding hydrogens is 639 g/mol. The normalized spacial score (nSPS) is 15.6. The molecule has 1 unspecified atom stereocenters. The summed E-state index contributed by atoms with van der Waals surface area (Å²) >= 11 is 0. The van der Waals surface area contributed by atoms with E-state index >= 15 is 0 Å². The number of benzene rings is 5. The van der Waals surface area contributed by atoms with E-state index in [1.165, 1.54) is 0 Å². The SMILES string of the molecule is C1=CC(C2=CC(c3cccc(-n4c5ccccc5c5c6oc(-c7ccccc7)c(-c7ccccc7)c6ccc54)c3)N=C(c3ccncc3)N2)=CCN1. The molecular formula is C46H33N5O. The van der Waals surface area contributed by atoms with Gasteiger partial charge in [0.25, 0.3) is 0 Å². The summed E-state index contributed by atoms with van der Waals surface area (Å²) < 4.78 is 9.35. The number of rotatable bonds is 6. The van der Waals surface area contributed by atoms with Crippen LogP contribution in [0.3, 0.4) is 0 Å². The first-order chi connectivity index (χ1) is 25.8. The highest BCUT2D eigenvalue weighted by Crippen LogP contribution is 2.46. The van der Waals surface area contributed by atoms with Gasteiger partial charge in [-0.15, -0.1) is 0 Å². The Morgan fingerprint density at radius 1 is 0.692 bits per heavy atom. The van der Waals surface area contributed by atoms with E-state index in [4.69, 9.17) is 9.41 Å². The van der Waals surface area contributed by atoms with Crippen LogP contribution in [0, 0.1) is 0 Å². The number of hydrogen-bond donors (Lipinski definition) is 2. The third kappa shape index (κ3) is 5.04. The van der Waals surface area contributed by atoms with Crippen LogP contribution in [0.1, 0.15) is 17.2 Å². The third-order valence-electron chi connectivity index (χ3n) is 9.99. The van der Waals surface area contributed by atoms with Crippen molar-refractivity contribution in [3.05, 3.63) is 193 Å². The monoisotopic (exact) mass is 671 g/mol. The summed E-state index contributed by atoms with van der Waals surface area (Å²) in [7, 11) is 0. The van der Waals surface area contributed by atoms with E-state index in [9.17, 15) is 0 Å². The Balaban J connectivity index is 1.17. The van der Waals surface area contributed by atoms with Crippen molar-refractivity contribution < 1.29 is 4.42 Å². The van der Waals surface area contributed by atoms with Gasteiger partial charge >= 0.3 is 0 Å². The smallest absolute Gasteiger partial charge is 0.145 e. The highest BCUT2D eigenvalue weighted by Gasteiger charge is 2.24. The fraction of sp³-hybridized carbons (Fsp3) is 0.0435. The molecule has 5 heterocycles. The number of pyridine rings is 1. The van der Waals surface area contributed by atoms with Crippen LogP contribution in [-0.4, -0.2) is 21.9 Å². The van der Waals surface area contributed by atoms with Crippen LogP contribution >= 0.6 is 0 Å². The molecule has 1 atom stereocenters. The third-order valence-corrected chi connectivity index (χ3v) is 9.99. The van der Waals surface area contributed by atoms with Gasteiger partial charge in [0, 0.05) is 57.8 Å². The summed E-state index contributed by atoms with van der Waals surface area (Å²) in [5.41, 5.74) is 11.7. The predicted molar refractivity (Wildman–Crippen MR) is 211 cm³/mol. The van der Waals surface area contributed by atoms with Crippen molar-refractivity contribution in [3.63, 3.8) is 0 Å². The Morgan fingerprint density at radius 2 is 1.48 bits per heavy atom. The van der Waals surface area contributed by atoms with Crippen LogP contribution < -0.4 is 10.6 Å². The molecule has 248 valence electrons. The lowest BCUT2D eigenvalue weighted by Crippen LogP contribution is -2.30. The van der Waals surface area contributed by atoms with Crippen molar-refractivity contribution >= 4 is 38.6 Å². The number of nitrogens with zero attached hydrogens (tertiary/aromatic N) is 3. The number of allylic oxidation sites excluding steroid dienone is 1. The molecule has 5 aromatic carbocycles. The minimum absolute atomic E-state index is 0.199. The summed E-state index contributed by atoms with van der Waals surface area (Å²) in [6.45, 7) is 0.781. The Morgan fingerprint density at radius 3 is 2.29 bits per heavy atom. The maximum Gasteiger partial charge on any atom is 0.145 e. The lowest BCUT2D eigenvalue weighted by molar-refractivity contribution is 0.636. The molecule has 0 saturated carbocycles. The molecule has 0 bridgehead atoms. The number of hydrogen-bond acceptors (Lipinski definition) is 5. The molecule has 2 aliphatic heterocycles. The van der Waals surface area contributed by atoms with Gasteiger partial charge < -0.3 is 19.6 Å². The van der Waals surface area contributed by atoms with Crippen LogP contribution in [0.5, 0.6) is 0 Å². The average Bonchev–Trinajstić information content (AvgIpc) is 3.78. The number of aliphatic imine (C=N–C) groups is 1. The number of furan rings is 1. The fourth-order valence-corrected chi connectivity index (χ4v) is 7.60. The molecule has 6 heteroatoms. The molecule has 0 radical (unpaired) electrons. The Labute approximate surface area is 300 Å². The van der Waals surface area contributed by atoms with Gasteiger partial charge in [-0.2, -0.15) is 0 Å². The van der Waals surface area contributed by atoms with Gasteiger partial charge in [-0.25, -0.2) is 0 Å². The lowest BCUT2D eigenvalue weighted by Gasteiger charge is -2.25.